The second-order valence-corrected chi connectivity index (χ2v) is 11.6. The van der Waals surface area contributed by atoms with Crippen molar-refractivity contribution in [1.82, 2.24) is 19.3 Å². The van der Waals surface area contributed by atoms with E-state index in [0.717, 1.165) is 9.99 Å². The first kappa shape index (κ1) is 23.3. The van der Waals surface area contributed by atoms with Gasteiger partial charge in [-0.05, 0) is 50.2 Å². The molecule has 0 aliphatic carbocycles. The van der Waals surface area contributed by atoms with Crippen molar-refractivity contribution in [3.63, 3.8) is 0 Å². The number of carbonyl (C=O) groups excluding carboxylic acids is 1. The summed E-state index contributed by atoms with van der Waals surface area (Å²) in [5.41, 5.74) is 2.40. The summed E-state index contributed by atoms with van der Waals surface area (Å²) in [6, 6.07) is 12.4. The number of hydrogen-bond acceptors (Lipinski definition) is 7. The van der Waals surface area contributed by atoms with Crippen LogP contribution in [-0.2, 0) is 14.8 Å². The minimum Gasteiger partial charge on any atom is -0.455 e. The number of carbonyl (C=O) groups is 1. The molecule has 1 atom stereocenters. The van der Waals surface area contributed by atoms with Crippen LogP contribution in [0.3, 0.4) is 0 Å². The lowest BCUT2D eigenvalue weighted by Crippen LogP contribution is -2.61. The molecule has 33 heavy (non-hydrogen) atoms. The largest absolute Gasteiger partial charge is 0.455 e. The first-order valence-electron chi connectivity index (χ1n) is 10.2. The molecule has 1 fully saturated rings. The zero-order valence-corrected chi connectivity index (χ0v) is 19.7. The number of aromatic nitrogens is 2. The van der Waals surface area contributed by atoms with Crippen LogP contribution in [0.15, 0.2) is 72.1 Å². The minimum atomic E-state index is -3.99. The highest BCUT2D eigenvalue weighted by atomic mass is 32.2. The number of benzene rings is 2. The van der Waals surface area contributed by atoms with Crippen LogP contribution in [0.5, 0.6) is 11.5 Å². The predicted molar refractivity (Wildman–Crippen MR) is 124 cm³/mol. The standard InChI is InChI=1S/C22H24N4O5S2/c1-22(2)20(21(27)24-28)26(13-14-32-22)33(29,30)17-9-7-16(8-10-17)31-19-6-4-3-5-18(19)25-12-11-23-15-25/h3-12,15,20,28H,13-14H2,1-2H3,(H,24,27)/t20-/m0/s1. The van der Waals surface area contributed by atoms with Crippen molar-refractivity contribution in [3.05, 3.63) is 67.3 Å². The summed E-state index contributed by atoms with van der Waals surface area (Å²) in [7, 11) is -3.99. The van der Waals surface area contributed by atoms with Crippen molar-refractivity contribution in [2.75, 3.05) is 12.3 Å². The summed E-state index contributed by atoms with van der Waals surface area (Å²) in [5, 5.41) is 9.19. The van der Waals surface area contributed by atoms with Gasteiger partial charge in [0.1, 0.15) is 11.8 Å². The van der Waals surface area contributed by atoms with Gasteiger partial charge < -0.3 is 9.30 Å². The van der Waals surface area contributed by atoms with Crippen LogP contribution in [0, 0.1) is 0 Å². The van der Waals surface area contributed by atoms with Crippen LogP contribution in [0.2, 0.25) is 0 Å². The molecule has 3 aromatic rings. The maximum absolute atomic E-state index is 13.4. The highest BCUT2D eigenvalue weighted by Crippen LogP contribution is 2.38. The Morgan fingerprint density at radius 2 is 1.94 bits per heavy atom. The third-order valence-corrected chi connectivity index (χ3v) is 8.63. The monoisotopic (exact) mass is 488 g/mol. The number of thioether (sulfide) groups is 1. The zero-order valence-electron chi connectivity index (χ0n) is 18.1. The molecule has 9 nitrogen and oxygen atoms in total. The van der Waals surface area contributed by atoms with E-state index < -0.39 is 26.7 Å². The van der Waals surface area contributed by atoms with Crippen molar-refractivity contribution >= 4 is 27.7 Å². The quantitative estimate of drug-likeness (QED) is 0.405. The van der Waals surface area contributed by atoms with Gasteiger partial charge in [0.25, 0.3) is 5.91 Å². The Balaban J connectivity index is 1.60. The van der Waals surface area contributed by atoms with Gasteiger partial charge in [-0.2, -0.15) is 16.1 Å². The Bertz CT molecular complexity index is 1230. The number of hydroxylamine groups is 1. The van der Waals surface area contributed by atoms with Gasteiger partial charge >= 0.3 is 0 Å². The lowest BCUT2D eigenvalue weighted by Gasteiger charge is -2.43. The molecule has 2 heterocycles. The highest BCUT2D eigenvalue weighted by Gasteiger charge is 2.48. The molecule has 1 aliphatic heterocycles. The van der Waals surface area contributed by atoms with E-state index in [1.165, 1.54) is 23.9 Å². The SMILES string of the molecule is CC1(C)SCCN(S(=O)(=O)c2ccc(Oc3ccccc3-n3ccnc3)cc2)[C@H]1C(=O)NO. The van der Waals surface area contributed by atoms with Gasteiger partial charge in [0.15, 0.2) is 5.75 Å². The average molecular weight is 489 g/mol. The Hall–Kier alpha value is -2.86. The third kappa shape index (κ3) is 4.62. The van der Waals surface area contributed by atoms with Crippen LogP contribution in [0.25, 0.3) is 5.69 Å². The maximum atomic E-state index is 13.4. The molecule has 11 heteroatoms. The number of hydrogen-bond donors (Lipinski definition) is 2. The molecule has 0 radical (unpaired) electrons. The van der Waals surface area contributed by atoms with Gasteiger partial charge in [-0.25, -0.2) is 18.9 Å². The van der Waals surface area contributed by atoms with Gasteiger partial charge in [-0.3, -0.25) is 10.0 Å². The van der Waals surface area contributed by atoms with E-state index in [4.69, 9.17) is 4.74 Å². The first-order chi connectivity index (χ1) is 15.7. The van der Waals surface area contributed by atoms with E-state index in [9.17, 15) is 18.4 Å². The van der Waals surface area contributed by atoms with E-state index in [1.54, 1.807) is 50.2 Å². The topological polar surface area (TPSA) is 114 Å². The summed E-state index contributed by atoms with van der Waals surface area (Å²) < 4.78 is 35.0. The Kier molecular flexibility index (Phi) is 6.48. The lowest BCUT2D eigenvalue weighted by atomic mass is 10.0. The molecule has 2 aromatic carbocycles. The fourth-order valence-electron chi connectivity index (χ4n) is 3.82. The summed E-state index contributed by atoms with van der Waals surface area (Å²) in [6.07, 6.45) is 5.13. The van der Waals surface area contributed by atoms with Crippen LogP contribution in [0.1, 0.15) is 13.8 Å². The van der Waals surface area contributed by atoms with Crippen molar-refractivity contribution < 1.29 is 23.2 Å². The van der Waals surface area contributed by atoms with E-state index >= 15 is 0 Å². The van der Waals surface area contributed by atoms with Gasteiger partial charge in [0, 0.05) is 29.4 Å². The molecule has 0 spiro atoms. The molecule has 174 valence electrons. The van der Waals surface area contributed by atoms with Gasteiger partial charge in [0.2, 0.25) is 10.0 Å². The highest BCUT2D eigenvalue weighted by molar-refractivity contribution is 8.00. The smallest absolute Gasteiger partial charge is 0.263 e. The zero-order chi connectivity index (χ0) is 23.6. The van der Waals surface area contributed by atoms with E-state index in [1.807, 2.05) is 28.8 Å². The fourth-order valence-corrected chi connectivity index (χ4v) is 6.93. The normalized spacial score (nSPS) is 18.6. The average Bonchev–Trinajstić information content (AvgIpc) is 3.33. The Morgan fingerprint density at radius 3 is 2.61 bits per heavy atom. The van der Waals surface area contributed by atoms with Crippen molar-refractivity contribution in [3.8, 4) is 17.2 Å². The number of imidazole rings is 1. The molecule has 0 saturated carbocycles. The molecule has 0 bridgehead atoms. The third-order valence-electron chi connectivity index (χ3n) is 5.40. The maximum Gasteiger partial charge on any atom is 0.263 e. The van der Waals surface area contributed by atoms with Gasteiger partial charge in [-0.15, -0.1) is 0 Å². The second kappa shape index (κ2) is 9.18. The number of sulfonamides is 1. The second-order valence-electron chi connectivity index (χ2n) is 7.96. The molecule has 0 unspecified atom stereocenters. The Labute approximate surface area is 196 Å². The number of nitrogens with one attached hydrogen (secondary N) is 1. The van der Waals surface area contributed by atoms with Gasteiger partial charge in [0.05, 0.1) is 16.9 Å². The molecule has 1 amide bonds. The first-order valence-corrected chi connectivity index (χ1v) is 12.6. The predicted octanol–water partition coefficient (Wildman–Crippen LogP) is 3.05. The number of rotatable bonds is 6. The number of amides is 1. The summed E-state index contributed by atoms with van der Waals surface area (Å²) in [5.74, 6) is 0.821. The van der Waals surface area contributed by atoms with Crippen LogP contribution < -0.4 is 10.2 Å². The van der Waals surface area contributed by atoms with E-state index in [0.29, 0.717) is 17.3 Å². The number of para-hydroxylation sites is 2. The van der Waals surface area contributed by atoms with Crippen LogP contribution in [-0.4, -0.2) is 56.5 Å². The Morgan fingerprint density at radius 1 is 1.21 bits per heavy atom. The fraction of sp³-hybridized carbons (Fsp3) is 0.273. The molecule has 1 aromatic heterocycles. The van der Waals surface area contributed by atoms with Crippen LogP contribution >= 0.6 is 11.8 Å². The van der Waals surface area contributed by atoms with Crippen molar-refractivity contribution in [2.24, 2.45) is 0 Å². The molecule has 4 rings (SSSR count). The van der Waals surface area contributed by atoms with Crippen molar-refractivity contribution in [1.29, 1.82) is 0 Å². The minimum absolute atomic E-state index is 0.0381. The van der Waals surface area contributed by atoms with Crippen LogP contribution in [0.4, 0.5) is 0 Å². The molecular weight excluding hydrogens is 464 g/mol. The summed E-state index contributed by atoms with van der Waals surface area (Å²) >= 11 is 1.49. The number of ether oxygens (including phenoxy) is 1. The molecule has 2 N–H and O–H groups in total. The summed E-state index contributed by atoms with van der Waals surface area (Å²) in [6.45, 7) is 3.73. The van der Waals surface area contributed by atoms with Crippen molar-refractivity contribution in [2.45, 2.75) is 29.5 Å². The molecule has 1 aliphatic rings. The summed E-state index contributed by atoms with van der Waals surface area (Å²) in [4.78, 5) is 16.4. The molecule has 1 saturated heterocycles. The lowest BCUT2D eigenvalue weighted by molar-refractivity contribution is -0.134. The van der Waals surface area contributed by atoms with E-state index in [-0.39, 0.29) is 11.4 Å². The number of nitrogens with zero attached hydrogens (tertiary/aromatic N) is 3. The van der Waals surface area contributed by atoms with E-state index in [2.05, 4.69) is 4.98 Å². The van der Waals surface area contributed by atoms with Gasteiger partial charge in [-0.1, -0.05) is 12.1 Å². The molecular formula is C22H24N4O5S2.